The van der Waals surface area contributed by atoms with Crippen LogP contribution >= 0.6 is 0 Å². The maximum atomic E-state index is 13.7. The fourth-order valence-electron chi connectivity index (χ4n) is 4.34. The molecular formula is C25H19NO3. The largest absolute Gasteiger partial charge is 0.351 e. The Hall–Kier alpha value is -3.50. The number of benzene rings is 3. The highest BCUT2D eigenvalue weighted by Crippen LogP contribution is 2.53. The van der Waals surface area contributed by atoms with Gasteiger partial charge < -0.3 is 9.64 Å². The van der Waals surface area contributed by atoms with Crippen LogP contribution < -0.4 is 4.90 Å². The summed E-state index contributed by atoms with van der Waals surface area (Å²) >= 11 is 0. The Morgan fingerprint density at radius 3 is 2.24 bits per heavy atom. The van der Waals surface area contributed by atoms with Gasteiger partial charge in [0.05, 0.1) is 17.9 Å². The van der Waals surface area contributed by atoms with E-state index in [4.69, 9.17) is 4.74 Å². The van der Waals surface area contributed by atoms with E-state index in [9.17, 15) is 9.59 Å². The number of hydrogen-bond donors (Lipinski definition) is 0. The minimum Gasteiger partial charge on any atom is -0.351 e. The Kier molecular flexibility index (Phi) is 3.96. The normalized spacial score (nSPS) is 20.4. The molecule has 1 atom stereocenters. The Labute approximate surface area is 169 Å². The van der Waals surface area contributed by atoms with E-state index in [2.05, 4.69) is 0 Å². The second kappa shape index (κ2) is 6.54. The van der Waals surface area contributed by atoms with Crippen LogP contribution in [0, 0.1) is 0 Å². The van der Waals surface area contributed by atoms with Crippen LogP contribution in [-0.2, 0) is 15.1 Å². The molecule has 0 saturated heterocycles. The fourth-order valence-corrected chi connectivity index (χ4v) is 4.34. The maximum absolute atomic E-state index is 13.7. The van der Waals surface area contributed by atoms with Gasteiger partial charge in [-0.15, -0.1) is 0 Å². The molecule has 142 valence electrons. The molecule has 1 amide bonds. The summed E-state index contributed by atoms with van der Waals surface area (Å²) < 4.78 is 6.25. The molecule has 0 bridgehead atoms. The van der Waals surface area contributed by atoms with Crippen molar-refractivity contribution in [1.82, 2.24) is 0 Å². The van der Waals surface area contributed by atoms with Crippen molar-refractivity contribution in [2.75, 3.05) is 18.6 Å². The highest BCUT2D eigenvalue weighted by molar-refractivity contribution is 6.23. The number of rotatable bonds is 3. The summed E-state index contributed by atoms with van der Waals surface area (Å²) in [7, 11) is 1.73. The predicted molar refractivity (Wildman–Crippen MR) is 112 cm³/mol. The molecule has 0 N–H and O–H groups in total. The molecule has 0 fully saturated rings. The van der Waals surface area contributed by atoms with Gasteiger partial charge in [-0.2, -0.15) is 0 Å². The smallest absolute Gasteiger partial charge is 0.268 e. The highest BCUT2D eigenvalue weighted by Gasteiger charge is 2.59. The van der Waals surface area contributed by atoms with Crippen molar-refractivity contribution in [3.63, 3.8) is 0 Å². The molecule has 4 nitrogen and oxygen atoms in total. The molecule has 3 aromatic rings. The van der Waals surface area contributed by atoms with Crippen molar-refractivity contribution >= 4 is 23.0 Å². The monoisotopic (exact) mass is 381 g/mol. The number of para-hydroxylation sites is 1. The summed E-state index contributed by atoms with van der Waals surface area (Å²) in [5.41, 5.74) is 2.69. The van der Waals surface area contributed by atoms with Crippen LogP contribution in [0.5, 0.6) is 0 Å². The van der Waals surface area contributed by atoms with Crippen LogP contribution in [0.2, 0.25) is 0 Å². The average Bonchev–Trinajstić information content (AvgIpc) is 3.28. The molecule has 2 aliphatic rings. The molecule has 1 spiro atoms. The van der Waals surface area contributed by atoms with Crippen LogP contribution in [0.15, 0.2) is 90.5 Å². The number of amides is 1. The molecule has 29 heavy (non-hydrogen) atoms. The summed E-state index contributed by atoms with van der Waals surface area (Å²) in [5, 5.41) is 0. The molecule has 0 radical (unpaired) electrons. The first-order valence-corrected chi connectivity index (χ1v) is 9.55. The predicted octanol–water partition coefficient (Wildman–Crippen LogP) is 4.23. The quantitative estimate of drug-likeness (QED) is 0.638. The second-order valence-corrected chi connectivity index (χ2v) is 7.27. The number of Topliss-reactive ketones (excluding diaryl/α,β-unsaturated/α-hetero) is 1. The number of carbonyl (C=O) groups excluding carboxylic acids is 2. The molecule has 1 unspecified atom stereocenters. The number of likely N-dealkylation sites (N-methyl/N-ethyl adjacent to an activating group) is 1. The van der Waals surface area contributed by atoms with E-state index in [1.807, 2.05) is 72.8 Å². The van der Waals surface area contributed by atoms with Crippen LogP contribution in [0.25, 0.3) is 5.57 Å². The number of ether oxygens (including phenoxy) is 1. The molecule has 4 heteroatoms. The molecule has 2 heterocycles. The molecule has 0 saturated carbocycles. The zero-order valence-electron chi connectivity index (χ0n) is 16.0. The Morgan fingerprint density at radius 2 is 1.52 bits per heavy atom. The summed E-state index contributed by atoms with van der Waals surface area (Å²) in [4.78, 5) is 28.9. The first kappa shape index (κ1) is 17.6. The van der Waals surface area contributed by atoms with E-state index < -0.39 is 5.60 Å². The Bertz CT molecular complexity index is 1150. The van der Waals surface area contributed by atoms with E-state index in [-0.39, 0.29) is 18.3 Å². The fraction of sp³-hybridized carbons (Fsp3) is 0.120. The summed E-state index contributed by atoms with van der Waals surface area (Å²) in [6, 6.07) is 26.3. The van der Waals surface area contributed by atoms with Crippen molar-refractivity contribution < 1.29 is 14.3 Å². The maximum Gasteiger partial charge on any atom is 0.268 e. The molecule has 2 aliphatic heterocycles. The zero-order chi connectivity index (χ0) is 20.0. The van der Waals surface area contributed by atoms with Gasteiger partial charge >= 0.3 is 0 Å². The number of hydrogen-bond acceptors (Lipinski definition) is 3. The minimum absolute atomic E-state index is 0.180. The van der Waals surface area contributed by atoms with Crippen molar-refractivity contribution in [1.29, 1.82) is 0 Å². The number of nitrogens with zero attached hydrogens (tertiary/aromatic N) is 1. The van der Waals surface area contributed by atoms with E-state index in [0.29, 0.717) is 11.1 Å². The SMILES string of the molecule is CN1C(=O)C2(OCC(c3ccccc3)=C2C(=O)c2ccccc2)c2ccccc21. The second-order valence-electron chi connectivity index (χ2n) is 7.27. The Balaban J connectivity index is 1.80. The minimum atomic E-state index is -1.41. The number of anilines is 1. The van der Waals surface area contributed by atoms with E-state index in [0.717, 1.165) is 22.4 Å². The van der Waals surface area contributed by atoms with Gasteiger partial charge in [-0.25, -0.2) is 0 Å². The molecule has 3 aromatic carbocycles. The van der Waals surface area contributed by atoms with Gasteiger partial charge in [-0.3, -0.25) is 9.59 Å². The summed E-state index contributed by atoms with van der Waals surface area (Å²) in [6.45, 7) is 0.200. The number of fused-ring (bicyclic) bond motifs is 2. The van der Waals surface area contributed by atoms with Gasteiger partial charge in [-0.1, -0.05) is 78.9 Å². The van der Waals surface area contributed by atoms with Crippen molar-refractivity contribution in [3.8, 4) is 0 Å². The number of ketones is 1. The van der Waals surface area contributed by atoms with E-state index in [1.54, 1.807) is 24.1 Å². The van der Waals surface area contributed by atoms with Gasteiger partial charge in [0.15, 0.2) is 5.78 Å². The van der Waals surface area contributed by atoms with E-state index in [1.165, 1.54) is 0 Å². The lowest BCUT2D eigenvalue weighted by Crippen LogP contribution is -2.42. The van der Waals surface area contributed by atoms with Crippen LogP contribution in [0.3, 0.4) is 0 Å². The molecule has 5 rings (SSSR count). The van der Waals surface area contributed by atoms with Crippen LogP contribution in [0.1, 0.15) is 21.5 Å². The zero-order valence-corrected chi connectivity index (χ0v) is 16.0. The highest BCUT2D eigenvalue weighted by atomic mass is 16.5. The molecular weight excluding hydrogens is 362 g/mol. The standard InChI is InChI=1S/C25H19NO3/c1-26-21-15-9-8-14-20(21)25(24(26)28)22(23(27)18-12-6-3-7-13-18)19(16-29-25)17-10-4-2-5-11-17/h2-15H,16H2,1H3. The number of carbonyl (C=O) groups is 2. The first-order chi connectivity index (χ1) is 14.1. The summed E-state index contributed by atoms with van der Waals surface area (Å²) in [5.74, 6) is -0.413. The van der Waals surface area contributed by atoms with Gasteiger partial charge in [0.2, 0.25) is 5.60 Å². The lowest BCUT2D eigenvalue weighted by atomic mass is 9.80. The van der Waals surface area contributed by atoms with Gasteiger partial charge in [0.25, 0.3) is 5.91 Å². The third kappa shape index (κ3) is 2.43. The summed E-state index contributed by atoms with van der Waals surface area (Å²) in [6.07, 6.45) is 0. The van der Waals surface area contributed by atoms with Crippen molar-refractivity contribution in [2.24, 2.45) is 0 Å². The lowest BCUT2D eigenvalue weighted by molar-refractivity contribution is -0.134. The van der Waals surface area contributed by atoms with Gasteiger partial charge in [0.1, 0.15) is 0 Å². The third-order valence-electron chi connectivity index (χ3n) is 5.72. The molecule has 0 aliphatic carbocycles. The van der Waals surface area contributed by atoms with Crippen molar-refractivity contribution in [3.05, 3.63) is 107 Å². The van der Waals surface area contributed by atoms with Crippen LogP contribution in [0.4, 0.5) is 5.69 Å². The van der Waals surface area contributed by atoms with Crippen molar-refractivity contribution in [2.45, 2.75) is 5.60 Å². The molecule has 0 aromatic heterocycles. The third-order valence-corrected chi connectivity index (χ3v) is 5.72. The van der Waals surface area contributed by atoms with Gasteiger partial charge in [-0.05, 0) is 17.2 Å². The van der Waals surface area contributed by atoms with E-state index >= 15 is 0 Å². The van der Waals surface area contributed by atoms with Crippen LogP contribution in [-0.4, -0.2) is 25.3 Å². The van der Waals surface area contributed by atoms with Gasteiger partial charge in [0, 0.05) is 18.2 Å². The lowest BCUT2D eigenvalue weighted by Gasteiger charge is -2.25. The average molecular weight is 381 g/mol. The topological polar surface area (TPSA) is 46.6 Å². The first-order valence-electron chi connectivity index (χ1n) is 9.55. The Morgan fingerprint density at radius 1 is 0.897 bits per heavy atom.